The molecule has 0 spiro atoms. The highest BCUT2D eigenvalue weighted by Gasteiger charge is 2.06. The van der Waals surface area contributed by atoms with E-state index in [-0.39, 0.29) is 0 Å². The van der Waals surface area contributed by atoms with Gasteiger partial charge in [0.2, 0.25) is 0 Å². The van der Waals surface area contributed by atoms with Gasteiger partial charge < -0.3 is 19.5 Å². The quantitative estimate of drug-likeness (QED) is 0.550. The van der Waals surface area contributed by atoms with Crippen LogP contribution in [0.25, 0.3) is 0 Å². The Morgan fingerprint density at radius 2 is 2.11 bits per heavy atom. The summed E-state index contributed by atoms with van der Waals surface area (Å²) in [6.45, 7) is 8.51. The summed E-state index contributed by atoms with van der Waals surface area (Å²) in [5, 5.41) is 3.30. The minimum atomic E-state index is 0.525. The molecule has 0 aliphatic carbocycles. The first-order chi connectivity index (χ1) is 9.17. The third kappa shape index (κ3) is 5.77. The molecule has 0 aromatic heterocycles. The van der Waals surface area contributed by atoms with Gasteiger partial charge in [-0.25, -0.2) is 0 Å². The largest absolute Gasteiger partial charge is 0.497 e. The Labute approximate surface area is 115 Å². The van der Waals surface area contributed by atoms with E-state index >= 15 is 0 Å². The van der Waals surface area contributed by atoms with E-state index in [1.165, 1.54) is 0 Å². The van der Waals surface area contributed by atoms with E-state index in [1.807, 2.05) is 25.1 Å². The summed E-state index contributed by atoms with van der Waals surface area (Å²) in [5.41, 5.74) is 2.06. The zero-order valence-corrected chi connectivity index (χ0v) is 12.0. The fourth-order valence-electron chi connectivity index (χ4n) is 1.56. The summed E-state index contributed by atoms with van der Waals surface area (Å²) < 4.78 is 16.0. The van der Waals surface area contributed by atoms with Crippen LogP contribution in [0.1, 0.15) is 12.5 Å². The summed E-state index contributed by atoms with van der Waals surface area (Å²) in [4.78, 5) is 0. The third-order valence-corrected chi connectivity index (χ3v) is 2.54. The molecule has 4 nitrogen and oxygen atoms in total. The lowest BCUT2D eigenvalue weighted by Gasteiger charge is -2.13. The molecule has 106 valence electrons. The molecule has 0 saturated carbocycles. The third-order valence-electron chi connectivity index (χ3n) is 2.54. The smallest absolute Gasteiger partial charge is 0.124 e. The van der Waals surface area contributed by atoms with E-state index in [9.17, 15) is 0 Å². The Morgan fingerprint density at radius 1 is 1.32 bits per heavy atom. The Balaban J connectivity index is 2.68. The van der Waals surface area contributed by atoms with Crippen LogP contribution in [0, 0.1) is 0 Å². The highest BCUT2D eigenvalue weighted by molar-refractivity contribution is 5.40. The molecule has 0 heterocycles. The van der Waals surface area contributed by atoms with Gasteiger partial charge in [-0.3, -0.25) is 0 Å². The summed E-state index contributed by atoms with van der Waals surface area (Å²) in [5.74, 6) is 1.68. The van der Waals surface area contributed by atoms with Crippen LogP contribution in [0.4, 0.5) is 0 Å². The van der Waals surface area contributed by atoms with Crippen molar-refractivity contribution in [2.45, 2.75) is 13.5 Å². The average molecular weight is 265 g/mol. The van der Waals surface area contributed by atoms with Crippen LogP contribution in [0.5, 0.6) is 11.5 Å². The van der Waals surface area contributed by atoms with Gasteiger partial charge in [0, 0.05) is 25.8 Å². The monoisotopic (exact) mass is 265 g/mol. The average Bonchev–Trinajstić information content (AvgIpc) is 2.41. The van der Waals surface area contributed by atoms with Crippen molar-refractivity contribution >= 4 is 0 Å². The Morgan fingerprint density at radius 3 is 2.74 bits per heavy atom. The number of ether oxygens (including phenoxy) is 3. The molecule has 1 rings (SSSR count). The van der Waals surface area contributed by atoms with Crippen LogP contribution in [-0.2, 0) is 11.3 Å². The van der Waals surface area contributed by atoms with Crippen molar-refractivity contribution < 1.29 is 14.2 Å². The van der Waals surface area contributed by atoms with Gasteiger partial charge in [-0.05, 0) is 30.7 Å². The SMILES string of the molecule is C=C(C)COc1ccc(OC)cc1CNCCOC. The molecular formula is C15H23NO3. The molecule has 0 aliphatic rings. The molecular weight excluding hydrogens is 242 g/mol. The van der Waals surface area contributed by atoms with Crippen molar-refractivity contribution in [1.29, 1.82) is 0 Å². The summed E-state index contributed by atoms with van der Waals surface area (Å²) in [6, 6.07) is 5.80. The van der Waals surface area contributed by atoms with Crippen LogP contribution in [0.3, 0.4) is 0 Å². The fraction of sp³-hybridized carbons (Fsp3) is 0.467. The molecule has 0 radical (unpaired) electrons. The van der Waals surface area contributed by atoms with E-state index < -0.39 is 0 Å². The molecule has 1 aromatic carbocycles. The lowest BCUT2D eigenvalue weighted by Crippen LogP contribution is -2.19. The molecule has 4 heteroatoms. The Hall–Kier alpha value is -1.52. The summed E-state index contributed by atoms with van der Waals surface area (Å²) in [6.07, 6.45) is 0. The predicted octanol–water partition coefficient (Wildman–Crippen LogP) is 2.39. The van der Waals surface area contributed by atoms with E-state index in [0.29, 0.717) is 19.8 Å². The molecule has 0 aliphatic heterocycles. The predicted molar refractivity (Wildman–Crippen MR) is 76.9 cm³/mol. The van der Waals surface area contributed by atoms with Crippen LogP contribution in [-0.4, -0.2) is 34.0 Å². The molecule has 0 amide bonds. The first-order valence-corrected chi connectivity index (χ1v) is 6.31. The van der Waals surface area contributed by atoms with E-state index in [1.54, 1.807) is 14.2 Å². The van der Waals surface area contributed by atoms with Crippen molar-refractivity contribution in [2.24, 2.45) is 0 Å². The fourth-order valence-corrected chi connectivity index (χ4v) is 1.56. The van der Waals surface area contributed by atoms with Crippen LogP contribution in [0.15, 0.2) is 30.4 Å². The Bertz CT molecular complexity index is 404. The second-order valence-corrected chi connectivity index (χ2v) is 4.39. The number of nitrogens with one attached hydrogen (secondary N) is 1. The number of hydrogen-bond acceptors (Lipinski definition) is 4. The van der Waals surface area contributed by atoms with Gasteiger partial charge in [-0.2, -0.15) is 0 Å². The van der Waals surface area contributed by atoms with Crippen molar-refractivity contribution in [3.63, 3.8) is 0 Å². The number of hydrogen-bond donors (Lipinski definition) is 1. The second-order valence-electron chi connectivity index (χ2n) is 4.39. The van der Waals surface area contributed by atoms with Crippen LogP contribution in [0.2, 0.25) is 0 Å². The lowest BCUT2D eigenvalue weighted by molar-refractivity contribution is 0.199. The summed E-state index contributed by atoms with van der Waals surface area (Å²) >= 11 is 0. The van der Waals surface area contributed by atoms with Crippen LogP contribution >= 0.6 is 0 Å². The molecule has 0 fully saturated rings. The molecule has 19 heavy (non-hydrogen) atoms. The normalized spacial score (nSPS) is 10.3. The minimum absolute atomic E-state index is 0.525. The first kappa shape index (κ1) is 15.5. The maximum Gasteiger partial charge on any atom is 0.124 e. The van der Waals surface area contributed by atoms with Crippen molar-refractivity contribution in [3.05, 3.63) is 35.9 Å². The van der Waals surface area contributed by atoms with E-state index in [0.717, 1.165) is 29.2 Å². The maximum atomic E-state index is 5.73. The van der Waals surface area contributed by atoms with Gasteiger partial charge in [0.05, 0.1) is 13.7 Å². The van der Waals surface area contributed by atoms with Gasteiger partial charge in [0.15, 0.2) is 0 Å². The van der Waals surface area contributed by atoms with Crippen molar-refractivity contribution in [2.75, 3.05) is 34.0 Å². The minimum Gasteiger partial charge on any atom is -0.497 e. The van der Waals surface area contributed by atoms with Gasteiger partial charge in [0.25, 0.3) is 0 Å². The Kier molecular flexibility index (Phi) is 7.00. The van der Waals surface area contributed by atoms with Crippen LogP contribution < -0.4 is 14.8 Å². The molecule has 0 bridgehead atoms. The molecule has 0 atom stereocenters. The number of benzene rings is 1. The van der Waals surface area contributed by atoms with Gasteiger partial charge in [-0.15, -0.1) is 0 Å². The van der Waals surface area contributed by atoms with E-state index in [2.05, 4.69) is 11.9 Å². The zero-order valence-electron chi connectivity index (χ0n) is 12.0. The standard InChI is InChI=1S/C15H23NO3/c1-12(2)11-19-15-6-5-14(18-4)9-13(15)10-16-7-8-17-3/h5-6,9,16H,1,7-8,10-11H2,2-4H3. The first-order valence-electron chi connectivity index (χ1n) is 6.31. The van der Waals surface area contributed by atoms with Gasteiger partial charge in [0.1, 0.15) is 18.1 Å². The second kappa shape index (κ2) is 8.56. The van der Waals surface area contributed by atoms with Gasteiger partial charge in [-0.1, -0.05) is 6.58 Å². The number of methoxy groups -OCH3 is 2. The number of rotatable bonds is 9. The topological polar surface area (TPSA) is 39.7 Å². The van der Waals surface area contributed by atoms with Crippen molar-refractivity contribution in [3.8, 4) is 11.5 Å². The lowest BCUT2D eigenvalue weighted by atomic mass is 10.2. The molecule has 0 unspecified atom stereocenters. The van der Waals surface area contributed by atoms with Crippen molar-refractivity contribution in [1.82, 2.24) is 5.32 Å². The molecule has 1 aromatic rings. The molecule has 1 N–H and O–H groups in total. The molecule has 0 saturated heterocycles. The summed E-state index contributed by atoms with van der Waals surface area (Å²) in [7, 11) is 3.35. The van der Waals surface area contributed by atoms with Gasteiger partial charge >= 0.3 is 0 Å². The maximum absolute atomic E-state index is 5.73. The highest BCUT2D eigenvalue weighted by atomic mass is 16.5. The van der Waals surface area contributed by atoms with E-state index in [4.69, 9.17) is 14.2 Å². The highest BCUT2D eigenvalue weighted by Crippen LogP contribution is 2.24. The zero-order chi connectivity index (χ0) is 14.1.